The van der Waals surface area contributed by atoms with Gasteiger partial charge in [0, 0.05) is 10.6 Å². The number of carbonyl (C=O) groups is 4. The molecule has 4 aromatic rings. The Kier molecular flexibility index (Phi) is 7.19. The number of carbonyl (C=O) groups excluding carboxylic acids is 4. The number of anilines is 1. The molecule has 1 unspecified atom stereocenters. The van der Waals surface area contributed by atoms with Crippen molar-refractivity contribution in [2.45, 2.75) is 13.0 Å². The summed E-state index contributed by atoms with van der Waals surface area (Å²) in [5.74, 6) is -1.38. The van der Waals surface area contributed by atoms with Gasteiger partial charge in [-0.15, -0.1) is 0 Å². The number of ketones is 1. The van der Waals surface area contributed by atoms with E-state index in [1.807, 2.05) is 0 Å². The van der Waals surface area contributed by atoms with E-state index < -0.39 is 29.7 Å². The molecule has 4 aromatic carbocycles. The summed E-state index contributed by atoms with van der Waals surface area (Å²) in [4.78, 5) is 52.6. The highest BCUT2D eigenvalue weighted by molar-refractivity contribution is 6.35. The number of esters is 1. The molecule has 1 aliphatic heterocycles. The fourth-order valence-corrected chi connectivity index (χ4v) is 4.35. The van der Waals surface area contributed by atoms with Gasteiger partial charge in [-0.1, -0.05) is 35.3 Å². The molecular weight excluding hydrogens is 541 g/mol. The van der Waals surface area contributed by atoms with E-state index in [0.29, 0.717) is 32.8 Å². The molecule has 0 saturated carbocycles. The van der Waals surface area contributed by atoms with Crippen molar-refractivity contribution in [3.05, 3.63) is 123 Å². The monoisotopic (exact) mass is 559 g/mol. The second-order valence-electron chi connectivity index (χ2n) is 8.65. The molecule has 0 saturated heterocycles. The molecule has 1 aliphatic rings. The van der Waals surface area contributed by atoms with Gasteiger partial charge in [0.1, 0.15) is 11.5 Å². The van der Waals surface area contributed by atoms with Crippen molar-refractivity contribution in [1.82, 2.24) is 0 Å². The van der Waals surface area contributed by atoms with E-state index in [2.05, 4.69) is 0 Å². The van der Waals surface area contributed by atoms with Crippen LogP contribution in [0.25, 0.3) is 0 Å². The SMILES string of the molecule is CC(OC(=O)c1ccc2c(c1)C(=O)N(c1ccc(Oc3ccccc3Cl)cc1)C2=O)C(=O)c1ccc(Cl)cc1. The van der Waals surface area contributed by atoms with Crippen LogP contribution in [0.2, 0.25) is 10.0 Å². The minimum absolute atomic E-state index is 0.0380. The Morgan fingerprint density at radius 3 is 2.10 bits per heavy atom. The van der Waals surface area contributed by atoms with Crippen molar-refractivity contribution in [1.29, 1.82) is 0 Å². The molecule has 0 spiro atoms. The maximum atomic E-state index is 13.2. The number of fused-ring (bicyclic) bond motifs is 1. The van der Waals surface area contributed by atoms with Gasteiger partial charge < -0.3 is 9.47 Å². The summed E-state index contributed by atoms with van der Waals surface area (Å²) >= 11 is 12.0. The predicted molar refractivity (Wildman–Crippen MR) is 146 cm³/mol. The summed E-state index contributed by atoms with van der Waals surface area (Å²) in [5, 5.41) is 0.920. The van der Waals surface area contributed by atoms with Crippen molar-refractivity contribution in [2.75, 3.05) is 4.90 Å². The third-order valence-electron chi connectivity index (χ3n) is 6.06. The van der Waals surface area contributed by atoms with Gasteiger partial charge in [0.05, 0.1) is 27.4 Å². The first kappa shape index (κ1) is 26.2. The highest BCUT2D eigenvalue weighted by Gasteiger charge is 2.37. The summed E-state index contributed by atoms with van der Waals surface area (Å²) in [6, 6.07) is 23.7. The van der Waals surface area contributed by atoms with Gasteiger partial charge in [-0.2, -0.15) is 0 Å². The maximum Gasteiger partial charge on any atom is 0.338 e. The van der Waals surface area contributed by atoms with Crippen LogP contribution >= 0.6 is 23.2 Å². The van der Waals surface area contributed by atoms with Crippen LogP contribution in [-0.2, 0) is 4.74 Å². The molecule has 0 radical (unpaired) electrons. The number of hydrogen-bond acceptors (Lipinski definition) is 6. The number of benzene rings is 4. The molecule has 1 atom stereocenters. The average Bonchev–Trinajstić information content (AvgIpc) is 3.19. The van der Waals surface area contributed by atoms with Crippen LogP contribution in [0.15, 0.2) is 91.0 Å². The van der Waals surface area contributed by atoms with Crippen LogP contribution in [0.3, 0.4) is 0 Å². The Labute approximate surface area is 233 Å². The van der Waals surface area contributed by atoms with Crippen molar-refractivity contribution in [2.24, 2.45) is 0 Å². The zero-order valence-corrected chi connectivity index (χ0v) is 21.9. The van der Waals surface area contributed by atoms with Gasteiger partial charge >= 0.3 is 5.97 Å². The van der Waals surface area contributed by atoms with E-state index in [-0.39, 0.29) is 16.7 Å². The number of nitrogens with zero attached hydrogens (tertiary/aromatic N) is 1. The van der Waals surface area contributed by atoms with Crippen molar-refractivity contribution >= 4 is 52.5 Å². The number of para-hydroxylation sites is 1. The fourth-order valence-electron chi connectivity index (χ4n) is 4.05. The zero-order valence-electron chi connectivity index (χ0n) is 20.4. The maximum absolute atomic E-state index is 13.2. The molecule has 2 amide bonds. The summed E-state index contributed by atoms with van der Waals surface area (Å²) in [7, 11) is 0. The van der Waals surface area contributed by atoms with Crippen LogP contribution in [-0.4, -0.2) is 29.7 Å². The van der Waals surface area contributed by atoms with Crippen LogP contribution < -0.4 is 9.64 Å². The number of amides is 2. The lowest BCUT2D eigenvalue weighted by molar-refractivity contribution is 0.0318. The first-order valence-corrected chi connectivity index (χ1v) is 12.5. The van der Waals surface area contributed by atoms with Crippen molar-refractivity contribution < 1.29 is 28.7 Å². The minimum Gasteiger partial charge on any atom is -0.456 e. The summed E-state index contributed by atoms with van der Waals surface area (Å²) in [5.41, 5.74) is 0.920. The molecule has 0 fully saturated rings. The third-order valence-corrected chi connectivity index (χ3v) is 6.63. The molecule has 1 heterocycles. The van der Waals surface area contributed by atoms with Gasteiger partial charge in [0.2, 0.25) is 5.78 Å². The Balaban J connectivity index is 1.30. The number of halogens is 2. The van der Waals surface area contributed by atoms with Gasteiger partial charge in [0.25, 0.3) is 11.8 Å². The Bertz CT molecular complexity index is 1620. The quantitative estimate of drug-likeness (QED) is 0.137. The molecule has 0 aliphatic carbocycles. The predicted octanol–water partition coefficient (Wildman–Crippen LogP) is 7.01. The van der Waals surface area contributed by atoms with Crippen LogP contribution in [0.5, 0.6) is 11.5 Å². The first-order valence-electron chi connectivity index (χ1n) is 11.8. The number of hydrogen-bond donors (Lipinski definition) is 0. The Morgan fingerprint density at radius 2 is 1.41 bits per heavy atom. The zero-order chi connectivity index (χ0) is 27.7. The fraction of sp³-hybridized carbons (Fsp3) is 0.0667. The molecule has 0 N–H and O–H groups in total. The van der Waals surface area contributed by atoms with E-state index in [9.17, 15) is 19.2 Å². The smallest absolute Gasteiger partial charge is 0.338 e. The molecule has 7 nitrogen and oxygen atoms in total. The third kappa shape index (κ3) is 5.27. The molecular formula is C30H19Cl2NO6. The van der Waals surface area contributed by atoms with Gasteiger partial charge in [0.15, 0.2) is 6.10 Å². The first-order chi connectivity index (χ1) is 18.7. The second kappa shape index (κ2) is 10.7. The van der Waals surface area contributed by atoms with E-state index >= 15 is 0 Å². The topological polar surface area (TPSA) is 90.0 Å². The van der Waals surface area contributed by atoms with Gasteiger partial charge in [-0.05, 0) is 85.8 Å². The highest BCUT2D eigenvalue weighted by Crippen LogP contribution is 2.33. The molecule has 0 bridgehead atoms. The number of imide groups is 1. The Morgan fingerprint density at radius 1 is 0.769 bits per heavy atom. The van der Waals surface area contributed by atoms with E-state index in [1.165, 1.54) is 25.1 Å². The van der Waals surface area contributed by atoms with Crippen molar-refractivity contribution in [3.8, 4) is 11.5 Å². The lowest BCUT2D eigenvalue weighted by Crippen LogP contribution is -2.29. The van der Waals surface area contributed by atoms with Crippen LogP contribution in [0.1, 0.15) is 48.4 Å². The Hall–Kier alpha value is -4.46. The van der Waals surface area contributed by atoms with Gasteiger partial charge in [-0.25, -0.2) is 9.69 Å². The van der Waals surface area contributed by atoms with E-state index in [1.54, 1.807) is 72.8 Å². The highest BCUT2D eigenvalue weighted by atomic mass is 35.5. The second-order valence-corrected chi connectivity index (χ2v) is 9.49. The average molecular weight is 560 g/mol. The molecule has 194 valence electrons. The lowest BCUT2D eigenvalue weighted by atomic mass is 10.1. The molecule has 0 aromatic heterocycles. The molecule has 5 rings (SSSR count). The summed E-state index contributed by atoms with van der Waals surface area (Å²) in [6.45, 7) is 1.46. The minimum atomic E-state index is -1.08. The standard InChI is InChI=1S/C30H19Cl2NO6/c1-17(27(34)18-6-9-20(31)10-7-18)38-30(37)19-8-15-23-24(16-19)29(36)33(28(23)35)21-11-13-22(14-12-21)39-26-5-3-2-4-25(26)32/h2-17H,1H3. The van der Waals surface area contributed by atoms with E-state index in [4.69, 9.17) is 32.7 Å². The molecule has 39 heavy (non-hydrogen) atoms. The molecule has 9 heteroatoms. The van der Waals surface area contributed by atoms with Crippen LogP contribution in [0.4, 0.5) is 5.69 Å². The lowest BCUT2D eigenvalue weighted by Gasteiger charge is -2.15. The summed E-state index contributed by atoms with van der Waals surface area (Å²) < 4.78 is 11.1. The largest absolute Gasteiger partial charge is 0.456 e. The summed E-state index contributed by atoms with van der Waals surface area (Å²) in [6.07, 6.45) is -1.08. The van der Waals surface area contributed by atoms with E-state index in [0.717, 1.165) is 4.90 Å². The number of rotatable bonds is 7. The number of Topliss-reactive ketones (excluding diaryl/α,β-unsaturated/α-hetero) is 1. The van der Waals surface area contributed by atoms with Gasteiger partial charge in [-0.3, -0.25) is 14.4 Å². The van der Waals surface area contributed by atoms with Crippen molar-refractivity contribution in [3.63, 3.8) is 0 Å². The normalized spacial score (nSPS) is 13.2. The van der Waals surface area contributed by atoms with Crippen LogP contribution in [0, 0.1) is 0 Å². The number of ether oxygens (including phenoxy) is 2.